The van der Waals surface area contributed by atoms with Crippen molar-refractivity contribution in [2.24, 2.45) is 7.05 Å². The van der Waals surface area contributed by atoms with Crippen molar-refractivity contribution >= 4 is 28.2 Å². The van der Waals surface area contributed by atoms with Gasteiger partial charge in [-0.2, -0.15) is 0 Å². The Morgan fingerprint density at radius 1 is 1.25 bits per heavy atom. The molecule has 146 valence electrons. The molecule has 1 aromatic carbocycles. The van der Waals surface area contributed by atoms with Crippen LogP contribution in [-0.4, -0.2) is 38.7 Å². The average Bonchev–Trinajstić information content (AvgIpc) is 3.24. The number of esters is 1. The van der Waals surface area contributed by atoms with E-state index in [4.69, 9.17) is 4.74 Å². The molecule has 1 N–H and O–H groups in total. The highest BCUT2D eigenvalue weighted by Crippen LogP contribution is 2.37. The Morgan fingerprint density at radius 2 is 2.04 bits per heavy atom. The van der Waals surface area contributed by atoms with E-state index in [-0.39, 0.29) is 18.9 Å². The second-order valence-corrected chi connectivity index (χ2v) is 7.20. The topological polar surface area (TPSA) is 99.0 Å². The third-order valence-corrected chi connectivity index (χ3v) is 5.26. The number of thiophene rings is 1. The molecule has 9 heteroatoms. The van der Waals surface area contributed by atoms with Gasteiger partial charge in [-0.1, -0.05) is 18.2 Å². The van der Waals surface area contributed by atoms with Gasteiger partial charge in [0, 0.05) is 18.0 Å². The van der Waals surface area contributed by atoms with E-state index in [9.17, 15) is 9.59 Å². The molecule has 0 atom stereocenters. The third kappa shape index (κ3) is 4.09. The van der Waals surface area contributed by atoms with Gasteiger partial charge in [0.15, 0.2) is 5.82 Å². The molecule has 0 bridgehead atoms. The van der Waals surface area contributed by atoms with Crippen molar-refractivity contribution in [3.05, 3.63) is 46.1 Å². The molecule has 2 aromatic heterocycles. The van der Waals surface area contributed by atoms with Crippen LogP contribution in [0.5, 0.6) is 0 Å². The van der Waals surface area contributed by atoms with E-state index in [0.717, 1.165) is 16.7 Å². The molecule has 0 fully saturated rings. The van der Waals surface area contributed by atoms with Crippen LogP contribution in [0.1, 0.15) is 34.2 Å². The minimum Gasteiger partial charge on any atom is -0.462 e. The summed E-state index contributed by atoms with van der Waals surface area (Å²) in [5, 5.41) is 16.1. The number of aromatic nitrogens is 4. The first-order valence-corrected chi connectivity index (χ1v) is 9.66. The first-order valence-electron chi connectivity index (χ1n) is 8.78. The Kier molecular flexibility index (Phi) is 5.84. The van der Waals surface area contributed by atoms with Gasteiger partial charge in [0.05, 0.1) is 13.0 Å². The average molecular weight is 399 g/mol. The lowest BCUT2D eigenvalue weighted by Crippen LogP contribution is -2.18. The summed E-state index contributed by atoms with van der Waals surface area (Å²) in [5.41, 5.74) is 4.29. The van der Waals surface area contributed by atoms with Gasteiger partial charge in [-0.3, -0.25) is 4.79 Å². The van der Waals surface area contributed by atoms with Crippen LogP contribution in [-0.2, 0) is 23.0 Å². The van der Waals surface area contributed by atoms with Crippen LogP contribution < -0.4 is 5.32 Å². The number of hydrogen-bond donors (Lipinski definition) is 1. The Morgan fingerprint density at radius 3 is 2.68 bits per heavy atom. The summed E-state index contributed by atoms with van der Waals surface area (Å²) >= 11 is 1.29. The van der Waals surface area contributed by atoms with Crippen molar-refractivity contribution in [3.63, 3.8) is 0 Å². The number of nitrogens with zero attached hydrogens (tertiary/aromatic N) is 4. The van der Waals surface area contributed by atoms with Crippen molar-refractivity contribution in [2.75, 3.05) is 11.9 Å². The van der Waals surface area contributed by atoms with Gasteiger partial charge in [-0.25, -0.2) is 9.48 Å². The van der Waals surface area contributed by atoms with E-state index in [0.29, 0.717) is 16.4 Å². The summed E-state index contributed by atoms with van der Waals surface area (Å²) in [6, 6.07) is 6.00. The quantitative estimate of drug-likeness (QED) is 0.640. The zero-order valence-corrected chi connectivity index (χ0v) is 17.0. The summed E-state index contributed by atoms with van der Waals surface area (Å²) in [5.74, 6) is -0.342. The van der Waals surface area contributed by atoms with Gasteiger partial charge in [0.2, 0.25) is 5.91 Å². The lowest BCUT2D eigenvalue weighted by molar-refractivity contribution is -0.115. The zero-order chi connectivity index (χ0) is 20.3. The summed E-state index contributed by atoms with van der Waals surface area (Å²) in [6.45, 7) is 6.05. The maximum atomic E-state index is 12.6. The minimum absolute atomic E-state index is 0.00262. The van der Waals surface area contributed by atoms with E-state index in [1.165, 1.54) is 21.6 Å². The predicted molar refractivity (Wildman–Crippen MR) is 106 cm³/mol. The number of benzene rings is 1. The predicted octanol–water partition coefficient (Wildman–Crippen LogP) is 2.91. The number of aryl methyl sites for hydroxylation is 3. The number of nitrogens with one attached hydrogen (secondary N) is 1. The number of anilines is 1. The van der Waals surface area contributed by atoms with Gasteiger partial charge in [-0.15, -0.1) is 16.4 Å². The third-order valence-electron chi connectivity index (χ3n) is 4.37. The molecule has 1 amide bonds. The Hall–Kier alpha value is -3.07. The summed E-state index contributed by atoms with van der Waals surface area (Å²) in [7, 11) is 1.66. The maximum Gasteiger partial charge on any atom is 0.341 e. The van der Waals surface area contributed by atoms with Crippen molar-refractivity contribution < 1.29 is 14.3 Å². The van der Waals surface area contributed by atoms with E-state index in [1.54, 1.807) is 14.0 Å². The molecule has 0 aliphatic heterocycles. The number of carbonyl (C=O) groups excluding carboxylic acids is 2. The van der Waals surface area contributed by atoms with E-state index >= 15 is 0 Å². The van der Waals surface area contributed by atoms with Gasteiger partial charge < -0.3 is 10.1 Å². The monoisotopic (exact) mass is 399 g/mol. The van der Waals surface area contributed by atoms with Gasteiger partial charge >= 0.3 is 5.97 Å². The molecule has 0 aliphatic carbocycles. The SMILES string of the molecule is CCOC(=O)c1c(-c2ccc(C)c(C)c2)csc1NC(=O)Cc1nnnn1C. The van der Waals surface area contributed by atoms with E-state index in [1.807, 2.05) is 37.4 Å². The molecule has 28 heavy (non-hydrogen) atoms. The second-order valence-electron chi connectivity index (χ2n) is 6.32. The zero-order valence-electron chi connectivity index (χ0n) is 16.1. The molecule has 3 aromatic rings. The lowest BCUT2D eigenvalue weighted by atomic mass is 9.99. The van der Waals surface area contributed by atoms with Crippen LogP contribution in [0.15, 0.2) is 23.6 Å². The summed E-state index contributed by atoms with van der Waals surface area (Å²) in [4.78, 5) is 25.1. The van der Waals surface area contributed by atoms with E-state index in [2.05, 4.69) is 20.8 Å². The summed E-state index contributed by atoms with van der Waals surface area (Å²) in [6.07, 6.45) is 0.00262. The standard InChI is InChI=1S/C19H21N5O3S/c1-5-27-19(26)17-14(13-7-6-11(2)12(3)8-13)10-28-18(17)20-16(25)9-15-21-22-23-24(15)4/h6-8,10H,5,9H2,1-4H3,(H,20,25). The van der Waals surface area contributed by atoms with Crippen molar-refractivity contribution in [1.82, 2.24) is 20.2 Å². The van der Waals surface area contributed by atoms with E-state index < -0.39 is 5.97 Å². The number of hydrogen-bond acceptors (Lipinski definition) is 7. The highest BCUT2D eigenvalue weighted by atomic mass is 32.1. The normalized spacial score (nSPS) is 10.7. The number of amides is 1. The lowest BCUT2D eigenvalue weighted by Gasteiger charge is -2.10. The molecule has 0 radical (unpaired) electrons. The largest absolute Gasteiger partial charge is 0.462 e. The fourth-order valence-corrected chi connectivity index (χ4v) is 3.66. The molecular formula is C19H21N5O3S. The Balaban J connectivity index is 1.93. The Labute approximate surface area is 166 Å². The van der Waals surface area contributed by atoms with Gasteiger partial charge in [0.1, 0.15) is 10.6 Å². The molecule has 0 saturated carbocycles. The molecule has 0 unspecified atom stereocenters. The fraction of sp³-hybridized carbons (Fsp3) is 0.316. The maximum absolute atomic E-state index is 12.6. The first kappa shape index (κ1) is 19.7. The number of carbonyl (C=O) groups is 2. The van der Waals surface area contributed by atoms with Gasteiger partial charge in [-0.05, 0) is 47.9 Å². The van der Waals surface area contributed by atoms with Crippen LogP contribution in [0.25, 0.3) is 11.1 Å². The highest BCUT2D eigenvalue weighted by molar-refractivity contribution is 7.15. The van der Waals surface area contributed by atoms with Crippen LogP contribution >= 0.6 is 11.3 Å². The molecule has 0 spiro atoms. The molecule has 3 rings (SSSR count). The molecule has 0 saturated heterocycles. The second kappa shape index (κ2) is 8.30. The number of rotatable bonds is 6. The number of tetrazole rings is 1. The van der Waals surface area contributed by atoms with Crippen molar-refractivity contribution in [3.8, 4) is 11.1 Å². The number of ether oxygens (including phenoxy) is 1. The summed E-state index contributed by atoms with van der Waals surface area (Å²) < 4.78 is 6.66. The first-order chi connectivity index (χ1) is 13.4. The fourth-order valence-electron chi connectivity index (χ4n) is 2.69. The Bertz CT molecular complexity index is 1020. The molecular weight excluding hydrogens is 378 g/mol. The van der Waals surface area contributed by atoms with Crippen LogP contribution in [0.3, 0.4) is 0 Å². The van der Waals surface area contributed by atoms with Crippen molar-refractivity contribution in [1.29, 1.82) is 0 Å². The van der Waals surface area contributed by atoms with Crippen LogP contribution in [0, 0.1) is 13.8 Å². The highest BCUT2D eigenvalue weighted by Gasteiger charge is 2.23. The minimum atomic E-state index is -0.465. The van der Waals surface area contributed by atoms with Crippen molar-refractivity contribution in [2.45, 2.75) is 27.2 Å². The molecule has 0 aliphatic rings. The van der Waals surface area contributed by atoms with Crippen LogP contribution in [0.4, 0.5) is 5.00 Å². The molecule has 2 heterocycles. The molecule has 8 nitrogen and oxygen atoms in total. The smallest absolute Gasteiger partial charge is 0.341 e. The van der Waals surface area contributed by atoms with Gasteiger partial charge in [0.25, 0.3) is 0 Å². The van der Waals surface area contributed by atoms with Crippen LogP contribution in [0.2, 0.25) is 0 Å².